The maximum atomic E-state index is 9.29. The van der Waals surface area contributed by atoms with Crippen LogP contribution in [0.5, 0.6) is 0 Å². The molecule has 0 radical (unpaired) electrons. The van der Waals surface area contributed by atoms with Gasteiger partial charge in [0.25, 0.3) is 0 Å². The van der Waals surface area contributed by atoms with Crippen LogP contribution in [-0.2, 0) is 11.3 Å². The number of hydrogen-bond acceptors (Lipinski definition) is 4. The van der Waals surface area contributed by atoms with Crippen molar-refractivity contribution in [3.63, 3.8) is 0 Å². The molecule has 1 aliphatic rings. The van der Waals surface area contributed by atoms with Gasteiger partial charge >= 0.3 is 0 Å². The first kappa shape index (κ1) is 14.7. The second-order valence-corrected chi connectivity index (χ2v) is 5.99. The average molecular weight is 307 g/mol. The minimum atomic E-state index is -0.111. The summed E-state index contributed by atoms with van der Waals surface area (Å²) in [6, 6.07) is 8.17. The Hall–Kier alpha value is -1.20. The molecule has 0 saturated carbocycles. The number of aliphatic hydroxyl groups excluding tert-OH is 1. The molecule has 2 heterocycles. The summed E-state index contributed by atoms with van der Waals surface area (Å²) in [7, 11) is 0. The van der Waals surface area contributed by atoms with Crippen LogP contribution >= 0.6 is 11.6 Å². The molecule has 1 N–H and O–H groups in total. The van der Waals surface area contributed by atoms with Crippen molar-refractivity contribution in [2.75, 3.05) is 19.8 Å². The molecule has 1 aromatic heterocycles. The molecule has 3 rings (SSSR count). The van der Waals surface area contributed by atoms with E-state index in [0.717, 1.165) is 34.6 Å². The fraction of sp³-hybridized carbons (Fsp3) is 0.438. The highest BCUT2D eigenvalue weighted by Gasteiger charge is 2.26. The Labute approximate surface area is 129 Å². The van der Waals surface area contributed by atoms with Gasteiger partial charge < -0.3 is 9.84 Å². The molecular formula is C16H19ClN2O2. The van der Waals surface area contributed by atoms with Crippen molar-refractivity contribution in [3.8, 4) is 0 Å². The Morgan fingerprint density at radius 2 is 2.33 bits per heavy atom. The van der Waals surface area contributed by atoms with E-state index in [4.69, 9.17) is 16.3 Å². The maximum Gasteiger partial charge on any atom is 0.0933 e. The lowest BCUT2D eigenvalue weighted by Crippen LogP contribution is -2.48. The van der Waals surface area contributed by atoms with Crippen LogP contribution in [0.25, 0.3) is 10.9 Å². The molecule has 4 nitrogen and oxygen atoms in total. The first-order valence-corrected chi connectivity index (χ1v) is 7.55. The molecule has 2 aromatic rings. The minimum Gasteiger partial charge on any atom is -0.394 e. The molecule has 1 aromatic carbocycles. The Balaban J connectivity index is 1.90. The number of nitrogens with zero attached hydrogens (tertiary/aromatic N) is 2. The van der Waals surface area contributed by atoms with Gasteiger partial charge in [-0.05, 0) is 30.7 Å². The molecule has 2 unspecified atom stereocenters. The van der Waals surface area contributed by atoms with Crippen LogP contribution < -0.4 is 0 Å². The number of hydrogen-bond donors (Lipinski definition) is 1. The van der Waals surface area contributed by atoms with Gasteiger partial charge in [0.05, 0.1) is 24.8 Å². The molecule has 0 spiro atoms. The zero-order chi connectivity index (χ0) is 14.8. The van der Waals surface area contributed by atoms with Crippen molar-refractivity contribution >= 4 is 22.5 Å². The summed E-state index contributed by atoms with van der Waals surface area (Å²) in [5.41, 5.74) is 2.10. The normalized spacial score (nSPS) is 23.6. The molecular weight excluding hydrogens is 288 g/mol. The molecule has 1 aliphatic heterocycles. The highest BCUT2D eigenvalue weighted by molar-refractivity contribution is 6.31. The van der Waals surface area contributed by atoms with Crippen molar-refractivity contribution in [1.82, 2.24) is 9.88 Å². The highest BCUT2D eigenvalue weighted by atomic mass is 35.5. The highest BCUT2D eigenvalue weighted by Crippen LogP contribution is 2.25. The van der Waals surface area contributed by atoms with Gasteiger partial charge in [-0.2, -0.15) is 0 Å². The van der Waals surface area contributed by atoms with Gasteiger partial charge in [0.15, 0.2) is 0 Å². The van der Waals surface area contributed by atoms with Gasteiger partial charge in [0.1, 0.15) is 0 Å². The lowest BCUT2D eigenvalue weighted by atomic mass is 10.1. The van der Waals surface area contributed by atoms with Gasteiger partial charge in [-0.25, -0.2) is 0 Å². The number of pyridine rings is 1. The van der Waals surface area contributed by atoms with Crippen molar-refractivity contribution in [1.29, 1.82) is 0 Å². The Kier molecular flexibility index (Phi) is 4.40. The summed E-state index contributed by atoms with van der Waals surface area (Å²) in [5.74, 6) is 0. The van der Waals surface area contributed by atoms with Crippen molar-refractivity contribution in [2.45, 2.75) is 25.6 Å². The van der Waals surface area contributed by atoms with Gasteiger partial charge in [0, 0.05) is 35.7 Å². The van der Waals surface area contributed by atoms with E-state index >= 15 is 0 Å². The van der Waals surface area contributed by atoms with Gasteiger partial charge in [0.2, 0.25) is 0 Å². The van der Waals surface area contributed by atoms with Crippen LogP contribution in [0, 0.1) is 0 Å². The first-order chi connectivity index (χ1) is 10.2. The summed E-state index contributed by atoms with van der Waals surface area (Å²) < 4.78 is 5.59. The third kappa shape index (κ3) is 3.19. The van der Waals surface area contributed by atoms with Crippen LogP contribution in [0.1, 0.15) is 12.5 Å². The molecule has 21 heavy (non-hydrogen) atoms. The number of aromatic nitrogens is 1. The quantitative estimate of drug-likeness (QED) is 0.946. The number of ether oxygens (including phenoxy) is 1. The summed E-state index contributed by atoms with van der Waals surface area (Å²) in [6.07, 6.45) is 1.69. The van der Waals surface area contributed by atoms with Crippen LogP contribution in [0.3, 0.4) is 0 Å². The topological polar surface area (TPSA) is 45.6 Å². The van der Waals surface area contributed by atoms with E-state index in [1.807, 2.05) is 24.3 Å². The summed E-state index contributed by atoms with van der Waals surface area (Å²) in [5, 5.41) is 11.1. The monoisotopic (exact) mass is 306 g/mol. The fourth-order valence-electron chi connectivity index (χ4n) is 2.77. The SMILES string of the molecule is CC1COC(CO)CN1Cc1cc(Cl)cc2cccnc12. The number of halogens is 1. The lowest BCUT2D eigenvalue weighted by Gasteiger charge is -2.37. The molecule has 1 saturated heterocycles. The Morgan fingerprint density at radius 1 is 1.48 bits per heavy atom. The fourth-order valence-corrected chi connectivity index (χ4v) is 3.02. The van der Waals surface area contributed by atoms with Gasteiger partial charge in [-0.15, -0.1) is 0 Å². The number of fused-ring (bicyclic) bond motifs is 1. The number of rotatable bonds is 3. The average Bonchev–Trinajstić information content (AvgIpc) is 2.49. The summed E-state index contributed by atoms with van der Waals surface area (Å²) in [4.78, 5) is 6.80. The molecule has 0 amide bonds. The van der Waals surface area contributed by atoms with E-state index in [0.29, 0.717) is 12.6 Å². The molecule has 0 aliphatic carbocycles. The molecule has 2 atom stereocenters. The predicted molar refractivity (Wildman–Crippen MR) is 83.5 cm³/mol. The third-order valence-corrected chi connectivity index (χ3v) is 4.18. The van der Waals surface area contributed by atoms with Crippen LogP contribution in [0.15, 0.2) is 30.5 Å². The van der Waals surface area contributed by atoms with Crippen molar-refractivity contribution < 1.29 is 9.84 Å². The molecule has 112 valence electrons. The van der Waals surface area contributed by atoms with E-state index in [-0.39, 0.29) is 12.7 Å². The zero-order valence-electron chi connectivity index (χ0n) is 12.0. The van der Waals surface area contributed by atoms with Gasteiger partial charge in [-0.1, -0.05) is 17.7 Å². The standard InChI is InChI=1S/C16H19ClN2O2/c1-11-10-21-15(9-20)8-19(11)7-13-6-14(17)5-12-3-2-4-18-16(12)13/h2-6,11,15,20H,7-10H2,1H3. The Morgan fingerprint density at radius 3 is 3.14 bits per heavy atom. The van der Waals surface area contributed by atoms with E-state index in [2.05, 4.69) is 16.8 Å². The van der Waals surface area contributed by atoms with Crippen LogP contribution in [0.2, 0.25) is 5.02 Å². The number of aliphatic hydroxyl groups is 1. The molecule has 0 bridgehead atoms. The molecule has 5 heteroatoms. The molecule has 1 fully saturated rings. The zero-order valence-corrected chi connectivity index (χ0v) is 12.8. The minimum absolute atomic E-state index is 0.0533. The first-order valence-electron chi connectivity index (χ1n) is 7.17. The van der Waals surface area contributed by atoms with Gasteiger partial charge in [-0.3, -0.25) is 9.88 Å². The number of benzene rings is 1. The largest absolute Gasteiger partial charge is 0.394 e. The van der Waals surface area contributed by atoms with Crippen molar-refractivity contribution in [2.24, 2.45) is 0 Å². The number of morpholine rings is 1. The second-order valence-electron chi connectivity index (χ2n) is 5.56. The third-order valence-electron chi connectivity index (χ3n) is 3.96. The second kappa shape index (κ2) is 6.28. The maximum absolute atomic E-state index is 9.29. The van der Waals surface area contributed by atoms with E-state index in [1.54, 1.807) is 6.20 Å². The predicted octanol–water partition coefficient (Wildman–Crippen LogP) is 2.47. The van der Waals surface area contributed by atoms with E-state index in [9.17, 15) is 5.11 Å². The smallest absolute Gasteiger partial charge is 0.0933 e. The van der Waals surface area contributed by atoms with Crippen LogP contribution in [0.4, 0.5) is 0 Å². The lowest BCUT2D eigenvalue weighted by molar-refractivity contribution is -0.0804. The van der Waals surface area contributed by atoms with Crippen LogP contribution in [-0.4, -0.2) is 46.9 Å². The Bertz CT molecular complexity index is 635. The summed E-state index contributed by atoms with van der Waals surface area (Å²) >= 11 is 6.22. The summed E-state index contributed by atoms with van der Waals surface area (Å²) in [6.45, 7) is 4.30. The van der Waals surface area contributed by atoms with E-state index < -0.39 is 0 Å². The van der Waals surface area contributed by atoms with E-state index in [1.165, 1.54) is 0 Å². The van der Waals surface area contributed by atoms with Crippen molar-refractivity contribution in [3.05, 3.63) is 41.0 Å².